The maximum Gasteiger partial charge on any atom is 0.240 e. The van der Waals surface area contributed by atoms with Crippen LogP contribution in [0.1, 0.15) is 25.8 Å². The van der Waals surface area contributed by atoms with Crippen molar-refractivity contribution >= 4 is 12.1 Å². The van der Waals surface area contributed by atoms with Gasteiger partial charge in [-0.05, 0) is 18.1 Å². The normalized spacial score (nSPS) is 10.9. The fourth-order valence-corrected chi connectivity index (χ4v) is 1.19. The van der Waals surface area contributed by atoms with Gasteiger partial charge in [0.05, 0.1) is 6.21 Å². The number of hydrogen-bond acceptors (Lipinski definition) is 3. The Morgan fingerprint density at radius 2 is 2.19 bits per heavy atom. The summed E-state index contributed by atoms with van der Waals surface area (Å²) in [5.41, 5.74) is 2.99. The molecule has 0 aliphatic carbocycles. The molecule has 0 fully saturated rings. The first-order valence-corrected chi connectivity index (χ1v) is 5.19. The molecule has 16 heavy (non-hydrogen) atoms. The van der Waals surface area contributed by atoms with Crippen LogP contribution in [-0.2, 0) is 4.79 Å². The molecule has 4 heteroatoms. The van der Waals surface area contributed by atoms with Gasteiger partial charge in [-0.25, -0.2) is 5.43 Å². The highest BCUT2D eigenvalue weighted by atomic mass is 16.3. The number of nitrogens with zero attached hydrogens (tertiary/aromatic N) is 1. The molecule has 0 saturated heterocycles. The van der Waals surface area contributed by atoms with Crippen LogP contribution in [0.15, 0.2) is 29.4 Å². The van der Waals surface area contributed by atoms with E-state index in [-0.39, 0.29) is 11.7 Å². The van der Waals surface area contributed by atoms with E-state index in [1.54, 1.807) is 24.3 Å². The van der Waals surface area contributed by atoms with E-state index in [1.165, 1.54) is 6.21 Å². The monoisotopic (exact) mass is 220 g/mol. The summed E-state index contributed by atoms with van der Waals surface area (Å²) < 4.78 is 0. The topological polar surface area (TPSA) is 61.7 Å². The van der Waals surface area contributed by atoms with Crippen LogP contribution in [-0.4, -0.2) is 17.2 Å². The lowest BCUT2D eigenvalue weighted by molar-refractivity contribution is -0.121. The van der Waals surface area contributed by atoms with Crippen LogP contribution in [0.5, 0.6) is 5.75 Å². The molecule has 1 aromatic carbocycles. The number of phenols is 1. The molecule has 0 heterocycles. The molecule has 1 amide bonds. The van der Waals surface area contributed by atoms with Crippen molar-refractivity contribution < 1.29 is 9.90 Å². The predicted molar refractivity (Wildman–Crippen MR) is 63.3 cm³/mol. The number of amides is 1. The third kappa shape index (κ3) is 4.13. The second-order valence-electron chi connectivity index (χ2n) is 3.95. The first kappa shape index (κ1) is 12.2. The average Bonchev–Trinajstić information content (AvgIpc) is 2.19. The number of rotatable bonds is 4. The Kier molecular flexibility index (Phi) is 4.51. The molecule has 4 nitrogen and oxygen atoms in total. The summed E-state index contributed by atoms with van der Waals surface area (Å²) in [6, 6.07) is 6.80. The van der Waals surface area contributed by atoms with Gasteiger partial charge >= 0.3 is 0 Å². The molecule has 0 spiro atoms. The van der Waals surface area contributed by atoms with Crippen molar-refractivity contribution in [1.29, 1.82) is 0 Å². The number of hydrazone groups is 1. The van der Waals surface area contributed by atoms with Crippen molar-refractivity contribution in [3.8, 4) is 5.75 Å². The summed E-state index contributed by atoms with van der Waals surface area (Å²) in [5.74, 6) is 0.325. The third-order valence-corrected chi connectivity index (χ3v) is 1.92. The highest BCUT2D eigenvalue weighted by Crippen LogP contribution is 2.12. The Balaban J connectivity index is 2.49. The highest BCUT2D eigenvalue weighted by molar-refractivity contribution is 5.84. The molecule has 0 radical (unpaired) electrons. The van der Waals surface area contributed by atoms with E-state index < -0.39 is 0 Å². The van der Waals surface area contributed by atoms with Crippen LogP contribution in [0.2, 0.25) is 0 Å². The van der Waals surface area contributed by atoms with Gasteiger partial charge in [-0.15, -0.1) is 0 Å². The Labute approximate surface area is 95.0 Å². The minimum Gasteiger partial charge on any atom is -0.507 e. The van der Waals surface area contributed by atoms with Crippen LogP contribution < -0.4 is 5.43 Å². The van der Waals surface area contributed by atoms with E-state index >= 15 is 0 Å². The van der Waals surface area contributed by atoms with Crippen molar-refractivity contribution in [3.63, 3.8) is 0 Å². The number of carbonyl (C=O) groups excluding carboxylic acids is 1. The number of hydrogen-bond donors (Lipinski definition) is 2. The van der Waals surface area contributed by atoms with Gasteiger partial charge in [0.25, 0.3) is 0 Å². The summed E-state index contributed by atoms with van der Waals surface area (Å²) in [6.45, 7) is 3.93. The molecule has 1 aromatic rings. The fourth-order valence-electron chi connectivity index (χ4n) is 1.19. The van der Waals surface area contributed by atoms with E-state index in [0.29, 0.717) is 17.9 Å². The number of carbonyl (C=O) groups is 1. The lowest BCUT2D eigenvalue weighted by Crippen LogP contribution is -2.19. The van der Waals surface area contributed by atoms with Gasteiger partial charge in [-0.2, -0.15) is 5.10 Å². The van der Waals surface area contributed by atoms with E-state index in [0.717, 1.165) is 0 Å². The molecule has 0 aliphatic heterocycles. The second-order valence-corrected chi connectivity index (χ2v) is 3.95. The predicted octanol–water partition coefficient (Wildman–Crippen LogP) is 1.89. The van der Waals surface area contributed by atoms with Crippen LogP contribution >= 0.6 is 0 Å². The number of nitrogens with one attached hydrogen (secondary N) is 1. The third-order valence-electron chi connectivity index (χ3n) is 1.92. The first-order chi connectivity index (χ1) is 7.59. The molecule has 0 aliphatic rings. The van der Waals surface area contributed by atoms with Gasteiger partial charge in [0.2, 0.25) is 5.91 Å². The summed E-state index contributed by atoms with van der Waals surface area (Å²) >= 11 is 0. The van der Waals surface area contributed by atoms with Crippen LogP contribution in [0.25, 0.3) is 0 Å². The van der Waals surface area contributed by atoms with Crippen molar-refractivity contribution in [1.82, 2.24) is 5.43 Å². The summed E-state index contributed by atoms with van der Waals surface area (Å²) in [5, 5.41) is 13.2. The van der Waals surface area contributed by atoms with Crippen molar-refractivity contribution in [2.75, 3.05) is 0 Å². The van der Waals surface area contributed by atoms with Gasteiger partial charge in [0.15, 0.2) is 0 Å². The summed E-state index contributed by atoms with van der Waals surface area (Å²) in [4.78, 5) is 11.2. The smallest absolute Gasteiger partial charge is 0.240 e. The lowest BCUT2D eigenvalue weighted by atomic mass is 10.1. The Morgan fingerprint density at radius 1 is 1.50 bits per heavy atom. The largest absolute Gasteiger partial charge is 0.507 e. The lowest BCUT2D eigenvalue weighted by Gasteiger charge is -2.02. The van der Waals surface area contributed by atoms with E-state index in [9.17, 15) is 9.90 Å². The van der Waals surface area contributed by atoms with E-state index in [1.807, 2.05) is 13.8 Å². The molecule has 0 atom stereocenters. The average molecular weight is 220 g/mol. The molecule has 1 rings (SSSR count). The number of phenolic OH excluding ortho intramolecular Hbond substituents is 1. The van der Waals surface area contributed by atoms with E-state index in [4.69, 9.17) is 0 Å². The molecular weight excluding hydrogens is 204 g/mol. The van der Waals surface area contributed by atoms with E-state index in [2.05, 4.69) is 10.5 Å². The zero-order valence-electron chi connectivity index (χ0n) is 9.47. The highest BCUT2D eigenvalue weighted by Gasteiger charge is 2.02. The van der Waals surface area contributed by atoms with Gasteiger partial charge in [0, 0.05) is 12.0 Å². The van der Waals surface area contributed by atoms with Crippen molar-refractivity contribution in [2.45, 2.75) is 20.3 Å². The number of para-hydroxylation sites is 1. The number of benzene rings is 1. The number of aromatic hydroxyl groups is 1. The van der Waals surface area contributed by atoms with Gasteiger partial charge in [-0.3, -0.25) is 4.79 Å². The zero-order valence-corrected chi connectivity index (χ0v) is 9.47. The Morgan fingerprint density at radius 3 is 2.81 bits per heavy atom. The van der Waals surface area contributed by atoms with Gasteiger partial charge < -0.3 is 5.11 Å². The minimum atomic E-state index is -0.123. The SMILES string of the molecule is CC(C)CC(=O)NN=Cc1ccccc1O. The fraction of sp³-hybridized carbons (Fsp3) is 0.333. The van der Waals surface area contributed by atoms with Crippen molar-refractivity contribution in [2.24, 2.45) is 11.0 Å². The Hall–Kier alpha value is -1.84. The quantitative estimate of drug-likeness (QED) is 0.601. The molecule has 0 saturated carbocycles. The Bertz CT molecular complexity index is 386. The van der Waals surface area contributed by atoms with Crippen LogP contribution in [0.4, 0.5) is 0 Å². The second kappa shape index (κ2) is 5.90. The van der Waals surface area contributed by atoms with Crippen molar-refractivity contribution in [3.05, 3.63) is 29.8 Å². The first-order valence-electron chi connectivity index (χ1n) is 5.19. The molecule has 0 bridgehead atoms. The van der Waals surface area contributed by atoms with Gasteiger partial charge in [-0.1, -0.05) is 26.0 Å². The standard InChI is InChI=1S/C12H16N2O2/c1-9(2)7-12(16)14-13-8-10-5-3-4-6-11(10)15/h3-6,8-9,15H,7H2,1-2H3,(H,14,16). The molecule has 2 N–H and O–H groups in total. The summed E-state index contributed by atoms with van der Waals surface area (Å²) in [7, 11) is 0. The maximum atomic E-state index is 11.2. The maximum absolute atomic E-state index is 11.2. The molecular formula is C12H16N2O2. The summed E-state index contributed by atoms with van der Waals surface area (Å²) in [6.07, 6.45) is 1.87. The van der Waals surface area contributed by atoms with Crippen LogP contribution in [0, 0.1) is 5.92 Å². The molecule has 0 unspecified atom stereocenters. The molecule has 86 valence electrons. The van der Waals surface area contributed by atoms with Crippen LogP contribution in [0.3, 0.4) is 0 Å². The molecule has 0 aromatic heterocycles. The zero-order chi connectivity index (χ0) is 12.0. The minimum absolute atomic E-state index is 0.123. The van der Waals surface area contributed by atoms with Gasteiger partial charge in [0.1, 0.15) is 5.75 Å².